The van der Waals surface area contributed by atoms with Crippen LogP contribution in [0.5, 0.6) is 0 Å². The van der Waals surface area contributed by atoms with E-state index in [2.05, 4.69) is 15.6 Å². The number of fused-ring (bicyclic) bond motifs is 2. The number of thiophene rings is 1. The lowest BCUT2D eigenvalue weighted by Gasteiger charge is -2.27. The Morgan fingerprint density at radius 2 is 2.09 bits per heavy atom. The molecule has 0 spiro atoms. The fourth-order valence-electron chi connectivity index (χ4n) is 5.32. The molecule has 1 amide bonds. The van der Waals surface area contributed by atoms with Gasteiger partial charge in [0.2, 0.25) is 0 Å². The van der Waals surface area contributed by atoms with Crippen LogP contribution in [0.1, 0.15) is 38.6 Å². The van der Waals surface area contributed by atoms with Crippen molar-refractivity contribution in [3.8, 4) is 0 Å². The first-order valence-electron chi connectivity index (χ1n) is 11.9. The maximum absolute atomic E-state index is 15.1. The number of nitrogens with two attached hydrogens (primary N) is 1. The van der Waals surface area contributed by atoms with Gasteiger partial charge in [-0.2, -0.15) is 0 Å². The number of anilines is 2. The van der Waals surface area contributed by atoms with E-state index >= 15 is 4.39 Å². The van der Waals surface area contributed by atoms with Gasteiger partial charge in [0, 0.05) is 43.0 Å². The van der Waals surface area contributed by atoms with Gasteiger partial charge in [-0.25, -0.2) is 14.4 Å². The number of likely N-dealkylation sites (N-methyl/N-ethyl adjacent to an activating group) is 1. The van der Waals surface area contributed by atoms with Gasteiger partial charge in [0.15, 0.2) is 11.6 Å². The molecule has 35 heavy (non-hydrogen) atoms. The maximum Gasteiger partial charge on any atom is 0.263 e. The molecule has 1 aliphatic heterocycles. The summed E-state index contributed by atoms with van der Waals surface area (Å²) in [7, 11) is 3.56. The lowest BCUT2D eigenvalue weighted by molar-refractivity contribution is 0.0938. The maximum atomic E-state index is 15.1. The highest BCUT2D eigenvalue weighted by atomic mass is 32.1. The second-order valence-corrected chi connectivity index (χ2v) is 10.5. The first-order chi connectivity index (χ1) is 16.8. The molecule has 1 fully saturated rings. The van der Waals surface area contributed by atoms with Gasteiger partial charge in [0.05, 0.1) is 17.8 Å². The molecule has 1 saturated heterocycles. The Balaban J connectivity index is 1.32. The van der Waals surface area contributed by atoms with Crippen LogP contribution in [0, 0.1) is 19.7 Å². The highest BCUT2D eigenvalue weighted by Gasteiger charge is 2.35. The molecule has 4 heterocycles. The van der Waals surface area contributed by atoms with Crippen molar-refractivity contribution < 1.29 is 13.9 Å². The van der Waals surface area contributed by atoms with Crippen LogP contribution in [-0.4, -0.2) is 61.3 Å². The number of nitrogen functional groups attached to an aromatic ring is 1. The summed E-state index contributed by atoms with van der Waals surface area (Å²) < 4.78 is 20.7. The van der Waals surface area contributed by atoms with Crippen molar-refractivity contribution in [2.24, 2.45) is 0 Å². The van der Waals surface area contributed by atoms with E-state index in [1.807, 2.05) is 31.9 Å². The van der Waals surface area contributed by atoms with E-state index in [-0.39, 0.29) is 29.9 Å². The molecule has 0 saturated carbocycles. The molecule has 5 rings (SSSR count). The zero-order chi connectivity index (χ0) is 24.9. The molecule has 1 aliphatic carbocycles. The third kappa shape index (κ3) is 4.34. The molecule has 3 atom stereocenters. The Morgan fingerprint density at radius 3 is 2.80 bits per heavy atom. The van der Waals surface area contributed by atoms with E-state index < -0.39 is 0 Å². The number of methoxy groups -OCH3 is 1. The van der Waals surface area contributed by atoms with E-state index in [0.717, 1.165) is 39.2 Å². The topological polar surface area (TPSA) is 105 Å². The summed E-state index contributed by atoms with van der Waals surface area (Å²) in [5.74, 6) is -0.169. The Morgan fingerprint density at radius 1 is 1.29 bits per heavy atom. The van der Waals surface area contributed by atoms with E-state index in [1.54, 1.807) is 13.2 Å². The summed E-state index contributed by atoms with van der Waals surface area (Å²) in [6, 6.07) is 3.56. The highest BCUT2D eigenvalue weighted by Crippen LogP contribution is 2.35. The number of hydrogen-bond acceptors (Lipinski definition) is 8. The molecule has 0 bridgehead atoms. The van der Waals surface area contributed by atoms with Crippen LogP contribution in [0.4, 0.5) is 15.9 Å². The van der Waals surface area contributed by atoms with Gasteiger partial charge in [0.25, 0.3) is 5.91 Å². The number of hydrogen-bond donors (Lipinski definition) is 3. The largest absolute Gasteiger partial charge is 0.397 e. The molecular weight excluding hydrogens is 467 g/mol. The van der Waals surface area contributed by atoms with Crippen molar-refractivity contribution in [2.45, 2.75) is 51.3 Å². The first kappa shape index (κ1) is 23.9. The van der Waals surface area contributed by atoms with Crippen molar-refractivity contribution in [1.29, 1.82) is 0 Å². The molecule has 186 valence electrons. The number of ether oxygens (including phenoxy) is 1. The number of aryl methyl sites for hydroxylation is 3. The van der Waals surface area contributed by atoms with E-state index in [0.29, 0.717) is 42.3 Å². The fourth-order valence-corrected chi connectivity index (χ4v) is 6.44. The minimum absolute atomic E-state index is 0.0129. The summed E-state index contributed by atoms with van der Waals surface area (Å²) in [5.41, 5.74) is 10.5. The van der Waals surface area contributed by atoms with Crippen LogP contribution < -0.4 is 21.3 Å². The van der Waals surface area contributed by atoms with E-state index in [9.17, 15) is 4.79 Å². The van der Waals surface area contributed by atoms with Crippen molar-refractivity contribution >= 4 is 39.0 Å². The lowest BCUT2D eigenvalue weighted by atomic mass is 9.91. The number of pyridine rings is 2. The van der Waals surface area contributed by atoms with Crippen LogP contribution >= 0.6 is 11.3 Å². The van der Waals surface area contributed by atoms with E-state index in [4.69, 9.17) is 15.5 Å². The van der Waals surface area contributed by atoms with Crippen molar-refractivity contribution in [3.05, 3.63) is 45.3 Å². The van der Waals surface area contributed by atoms with Crippen molar-refractivity contribution in [1.82, 2.24) is 20.6 Å². The summed E-state index contributed by atoms with van der Waals surface area (Å²) in [6.07, 6.45) is 1.93. The third-order valence-electron chi connectivity index (χ3n) is 7.13. The van der Waals surface area contributed by atoms with Gasteiger partial charge >= 0.3 is 0 Å². The Kier molecular flexibility index (Phi) is 6.37. The summed E-state index contributed by atoms with van der Waals surface area (Å²) in [6.45, 7) is 5.14. The minimum atomic E-state index is -0.340. The predicted molar refractivity (Wildman–Crippen MR) is 137 cm³/mol. The molecule has 3 unspecified atom stereocenters. The van der Waals surface area contributed by atoms with Gasteiger partial charge in [-0.05, 0) is 63.4 Å². The van der Waals surface area contributed by atoms with Crippen molar-refractivity contribution in [3.63, 3.8) is 0 Å². The highest BCUT2D eigenvalue weighted by molar-refractivity contribution is 7.21. The monoisotopic (exact) mass is 498 g/mol. The third-order valence-corrected chi connectivity index (χ3v) is 8.23. The van der Waals surface area contributed by atoms with Gasteiger partial charge in [-0.3, -0.25) is 4.79 Å². The molecule has 3 aromatic heterocycles. The number of carbonyl (C=O) groups excluding carboxylic acids is 1. The second-order valence-electron chi connectivity index (χ2n) is 9.49. The van der Waals surface area contributed by atoms with Gasteiger partial charge in [-0.15, -0.1) is 11.3 Å². The standard InChI is InChI=1S/C25H31FN6O2S/c1-12-7-13(2)29-25-20(12)21(27)22(35-25)24(33)30-15-5-6-17-14(8-15)9-16(26)23(31-17)32-10-18(28-3)19(11-32)34-4/h7,9,15,18-19,28H,5-6,8,10-11,27H2,1-4H3,(H,30,33). The predicted octanol–water partition coefficient (Wildman–Crippen LogP) is 2.74. The summed E-state index contributed by atoms with van der Waals surface area (Å²) in [4.78, 5) is 25.5. The molecule has 2 aliphatic rings. The number of nitrogens with zero attached hydrogens (tertiary/aromatic N) is 3. The Bertz CT molecular complexity index is 1280. The van der Waals surface area contributed by atoms with Crippen LogP contribution in [0.15, 0.2) is 12.1 Å². The molecule has 0 aromatic carbocycles. The van der Waals surface area contributed by atoms with Crippen LogP contribution in [0.3, 0.4) is 0 Å². The zero-order valence-electron chi connectivity index (χ0n) is 20.4. The van der Waals surface area contributed by atoms with Crippen LogP contribution in [0.25, 0.3) is 10.2 Å². The fraction of sp³-hybridized carbons (Fsp3) is 0.480. The number of aromatic nitrogens is 2. The Hall–Kier alpha value is -2.82. The number of amides is 1. The van der Waals surface area contributed by atoms with Gasteiger partial charge in [0.1, 0.15) is 9.71 Å². The zero-order valence-corrected chi connectivity index (χ0v) is 21.3. The molecule has 4 N–H and O–H groups in total. The molecule has 0 radical (unpaired) electrons. The summed E-state index contributed by atoms with van der Waals surface area (Å²) in [5, 5.41) is 7.18. The lowest BCUT2D eigenvalue weighted by Crippen LogP contribution is -2.39. The first-order valence-corrected chi connectivity index (χ1v) is 12.7. The Labute approximate surface area is 208 Å². The number of carbonyl (C=O) groups is 1. The van der Waals surface area contributed by atoms with E-state index in [1.165, 1.54) is 11.3 Å². The van der Waals surface area contributed by atoms with Gasteiger partial charge in [-0.1, -0.05) is 0 Å². The number of rotatable bonds is 5. The normalized spacial score (nSPS) is 22.0. The molecule has 3 aromatic rings. The second kappa shape index (κ2) is 9.33. The van der Waals surface area contributed by atoms with Crippen molar-refractivity contribution in [2.75, 3.05) is 37.9 Å². The molecular formula is C25H31FN6O2S. The van der Waals surface area contributed by atoms with Crippen LogP contribution in [0.2, 0.25) is 0 Å². The SMILES string of the molecule is CNC1CN(c2nc3c(cc2F)CC(NC(=O)c2sc4nc(C)cc(C)c4c2N)CC3)CC1OC. The number of halogens is 1. The quantitative estimate of drug-likeness (QED) is 0.497. The summed E-state index contributed by atoms with van der Waals surface area (Å²) >= 11 is 1.32. The molecule has 10 heteroatoms. The van der Waals surface area contributed by atoms with Gasteiger partial charge < -0.3 is 26.0 Å². The number of nitrogens with one attached hydrogen (secondary N) is 2. The minimum Gasteiger partial charge on any atom is -0.397 e. The van der Waals surface area contributed by atoms with Crippen LogP contribution in [-0.2, 0) is 17.6 Å². The molecule has 8 nitrogen and oxygen atoms in total. The average Bonchev–Trinajstić information content (AvgIpc) is 3.39. The smallest absolute Gasteiger partial charge is 0.263 e. The average molecular weight is 499 g/mol.